The average Bonchev–Trinajstić information content (AvgIpc) is 3.40. The number of furan rings is 1. The lowest BCUT2D eigenvalue weighted by molar-refractivity contribution is 0.0563. The molecule has 3 heterocycles. The Morgan fingerprint density at radius 3 is 2.96 bits per heavy atom. The highest BCUT2D eigenvalue weighted by atomic mass is 32.2. The van der Waals surface area contributed by atoms with Crippen LogP contribution in [0.5, 0.6) is 0 Å². The van der Waals surface area contributed by atoms with Crippen molar-refractivity contribution in [3.63, 3.8) is 0 Å². The van der Waals surface area contributed by atoms with Gasteiger partial charge in [0, 0.05) is 17.9 Å². The minimum Gasteiger partial charge on any atom is -0.463 e. The third kappa shape index (κ3) is 4.03. The molecule has 8 heteroatoms. The predicted molar refractivity (Wildman–Crippen MR) is 104 cm³/mol. The van der Waals surface area contributed by atoms with Gasteiger partial charge in [0.1, 0.15) is 10.8 Å². The van der Waals surface area contributed by atoms with E-state index in [9.17, 15) is 9.59 Å². The lowest BCUT2D eigenvalue weighted by Crippen LogP contribution is -2.33. The molecule has 2 aromatic heterocycles. The number of rotatable bonds is 6. The molecule has 1 saturated heterocycles. The minimum atomic E-state index is -0.497. The molecule has 4 rings (SSSR count). The summed E-state index contributed by atoms with van der Waals surface area (Å²) in [5.41, 5.74) is 2.08. The molecule has 1 fully saturated rings. The highest BCUT2D eigenvalue weighted by molar-refractivity contribution is 7.98. The zero-order valence-corrected chi connectivity index (χ0v) is 16.8. The molecule has 0 aromatic carbocycles. The van der Waals surface area contributed by atoms with Crippen LogP contribution in [0.2, 0.25) is 0 Å². The maximum Gasteiger partial charge on any atom is 0.373 e. The number of methoxy groups -OCH3 is 1. The summed E-state index contributed by atoms with van der Waals surface area (Å²) in [5.74, 6) is 0.842. The Kier molecular flexibility index (Phi) is 5.87. The van der Waals surface area contributed by atoms with Gasteiger partial charge < -0.3 is 13.9 Å². The van der Waals surface area contributed by atoms with Gasteiger partial charge in [0.2, 0.25) is 5.76 Å². The second kappa shape index (κ2) is 8.53. The summed E-state index contributed by atoms with van der Waals surface area (Å²) in [6.07, 6.45) is 6.20. The molecule has 0 spiro atoms. The minimum absolute atomic E-state index is 0.115. The van der Waals surface area contributed by atoms with Gasteiger partial charge in [0.25, 0.3) is 0 Å². The lowest BCUT2D eigenvalue weighted by Gasteiger charge is -2.24. The van der Waals surface area contributed by atoms with Crippen molar-refractivity contribution in [2.75, 3.05) is 13.7 Å². The van der Waals surface area contributed by atoms with Crippen LogP contribution >= 0.6 is 11.8 Å². The molecule has 1 unspecified atom stereocenters. The molecule has 28 heavy (non-hydrogen) atoms. The van der Waals surface area contributed by atoms with Gasteiger partial charge in [0.05, 0.1) is 25.5 Å². The lowest BCUT2D eigenvalue weighted by atomic mass is 9.97. The summed E-state index contributed by atoms with van der Waals surface area (Å²) in [7, 11) is 1.32. The first-order valence-corrected chi connectivity index (χ1v) is 10.7. The van der Waals surface area contributed by atoms with Gasteiger partial charge in [0.15, 0.2) is 0 Å². The maximum atomic E-state index is 12.7. The number of thioether (sulfide) groups is 1. The topological polar surface area (TPSA) is 83.6 Å². The summed E-state index contributed by atoms with van der Waals surface area (Å²) in [4.78, 5) is 28.7. The number of carbonyl (C=O) groups is 1. The number of hydrogen-bond acceptors (Lipinski definition) is 7. The predicted octanol–water partition coefficient (Wildman–Crippen LogP) is 2.97. The molecule has 0 radical (unpaired) electrons. The van der Waals surface area contributed by atoms with Crippen LogP contribution in [0.4, 0.5) is 0 Å². The van der Waals surface area contributed by atoms with Crippen molar-refractivity contribution in [3.05, 3.63) is 45.4 Å². The number of hydrogen-bond donors (Lipinski definition) is 0. The molecule has 1 atom stereocenters. The Balaban J connectivity index is 1.55. The van der Waals surface area contributed by atoms with Crippen molar-refractivity contribution in [3.8, 4) is 0 Å². The zero-order valence-electron chi connectivity index (χ0n) is 15.9. The summed E-state index contributed by atoms with van der Waals surface area (Å²) in [6, 6.07) is 3.36. The summed E-state index contributed by atoms with van der Waals surface area (Å²) in [5, 5.41) is 0.777. The molecule has 7 nitrogen and oxygen atoms in total. The first-order chi connectivity index (χ1) is 13.7. The molecular weight excluding hydrogens is 380 g/mol. The quantitative estimate of drug-likeness (QED) is 0.416. The van der Waals surface area contributed by atoms with Crippen LogP contribution in [-0.4, -0.2) is 35.3 Å². The third-order valence-electron chi connectivity index (χ3n) is 5.26. The van der Waals surface area contributed by atoms with E-state index < -0.39 is 5.97 Å². The van der Waals surface area contributed by atoms with Crippen molar-refractivity contribution < 1.29 is 18.7 Å². The first kappa shape index (κ1) is 19.3. The van der Waals surface area contributed by atoms with Crippen LogP contribution in [0.3, 0.4) is 0 Å². The highest BCUT2D eigenvalue weighted by Crippen LogP contribution is 2.31. The van der Waals surface area contributed by atoms with Gasteiger partial charge in [-0.25, -0.2) is 9.59 Å². The fourth-order valence-electron chi connectivity index (χ4n) is 3.85. The Bertz CT molecular complexity index is 914. The standard InChI is InChI=1S/C20H24N2O5S/c1-25-19(23)17-9-8-14(27-17)12-28-18-15-6-2-3-7-16(15)22(20(24)21-18)11-13-5-4-10-26-13/h8-9,13H,2-7,10-12H2,1H3. The molecule has 0 saturated carbocycles. The van der Waals surface area contributed by atoms with Crippen LogP contribution in [0.25, 0.3) is 0 Å². The maximum absolute atomic E-state index is 12.7. The monoisotopic (exact) mass is 404 g/mol. The van der Waals surface area contributed by atoms with Gasteiger partial charge in [-0.3, -0.25) is 4.57 Å². The van der Waals surface area contributed by atoms with Gasteiger partial charge in [-0.15, -0.1) is 0 Å². The summed E-state index contributed by atoms with van der Waals surface area (Å²) in [6.45, 7) is 1.37. The smallest absolute Gasteiger partial charge is 0.373 e. The number of fused-ring (bicyclic) bond motifs is 1. The van der Waals surface area contributed by atoms with Crippen LogP contribution in [0.15, 0.2) is 26.4 Å². The normalized spacial score (nSPS) is 18.8. The number of nitrogens with zero attached hydrogens (tertiary/aromatic N) is 2. The number of esters is 1. The molecule has 0 bridgehead atoms. The Morgan fingerprint density at radius 2 is 2.18 bits per heavy atom. The fourth-order valence-corrected chi connectivity index (χ4v) is 4.82. The van der Waals surface area contributed by atoms with E-state index in [-0.39, 0.29) is 17.6 Å². The van der Waals surface area contributed by atoms with Gasteiger partial charge in [-0.1, -0.05) is 11.8 Å². The summed E-state index contributed by atoms with van der Waals surface area (Å²) >= 11 is 1.48. The Morgan fingerprint density at radius 1 is 1.32 bits per heavy atom. The number of ether oxygens (including phenoxy) is 2. The Labute approximate surface area is 167 Å². The Hall–Kier alpha value is -2.06. The van der Waals surface area contributed by atoms with Gasteiger partial charge in [-0.2, -0.15) is 4.98 Å². The van der Waals surface area contributed by atoms with Crippen molar-refractivity contribution in [2.24, 2.45) is 0 Å². The van der Waals surface area contributed by atoms with Crippen molar-refractivity contribution in [1.82, 2.24) is 9.55 Å². The average molecular weight is 404 g/mol. The van der Waals surface area contributed by atoms with E-state index in [0.717, 1.165) is 55.9 Å². The van der Waals surface area contributed by atoms with E-state index in [0.29, 0.717) is 18.1 Å². The van der Waals surface area contributed by atoms with Crippen LogP contribution < -0.4 is 5.69 Å². The van der Waals surface area contributed by atoms with Crippen molar-refractivity contribution in [1.29, 1.82) is 0 Å². The summed E-state index contributed by atoms with van der Waals surface area (Å²) < 4.78 is 17.7. The highest BCUT2D eigenvalue weighted by Gasteiger charge is 2.24. The second-order valence-corrected chi connectivity index (χ2v) is 8.09. The van der Waals surface area contributed by atoms with E-state index >= 15 is 0 Å². The van der Waals surface area contributed by atoms with Crippen molar-refractivity contribution >= 4 is 17.7 Å². The zero-order chi connectivity index (χ0) is 19.5. The largest absolute Gasteiger partial charge is 0.463 e. The van der Waals surface area contributed by atoms with E-state index in [1.807, 2.05) is 4.57 Å². The fraction of sp³-hybridized carbons (Fsp3) is 0.550. The first-order valence-electron chi connectivity index (χ1n) is 9.69. The van der Waals surface area contributed by atoms with E-state index in [1.54, 1.807) is 12.1 Å². The van der Waals surface area contributed by atoms with Gasteiger partial charge >= 0.3 is 11.7 Å². The molecule has 2 aromatic rings. The molecule has 1 aliphatic carbocycles. The molecule has 1 aliphatic heterocycles. The van der Waals surface area contributed by atoms with Crippen LogP contribution in [0, 0.1) is 0 Å². The number of aromatic nitrogens is 2. The molecule has 0 amide bonds. The van der Waals surface area contributed by atoms with Crippen molar-refractivity contribution in [2.45, 2.75) is 62.0 Å². The third-order valence-corrected chi connectivity index (χ3v) is 6.30. The van der Waals surface area contributed by atoms with E-state index in [4.69, 9.17) is 9.15 Å². The van der Waals surface area contributed by atoms with Crippen LogP contribution in [0.1, 0.15) is 53.3 Å². The van der Waals surface area contributed by atoms with Crippen LogP contribution in [-0.2, 0) is 34.6 Å². The molecule has 2 aliphatic rings. The molecular formula is C20H24N2O5S. The van der Waals surface area contributed by atoms with Gasteiger partial charge in [-0.05, 0) is 50.7 Å². The van der Waals surface area contributed by atoms with E-state index in [2.05, 4.69) is 9.72 Å². The number of carbonyl (C=O) groups excluding carboxylic acids is 1. The second-order valence-electron chi connectivity index (χ2n) is 7.12. The van der Waals surface area contributed by atoms with E-state index in [1.165, 1.54) is 24.4 Å². The molecule has 0 N–H and O–H groups in total. The molecule has 150 valence electrons. The SMILES string of the molecule is COC(=O)c1ccc(CSc2nc(=O)n(CC3CCCO3)c3c2CCCC3)o1.